The SMILES string of the molecule is CC1Cc2cccc(/C=N/N)c2N1. The van der Waals surface area contributed by atoms with Crippen LogP contribution in [-0.2, 0) is 6.42 Å². The van der Waals surface area contributed by atoms with Crippen LogP contribution in [0.5, 0.6) is 0 Å². The molecule has 0 aliphatic carbocycles. The Kier molecular flexibility index (Phi) is 1.93. The summed E-state index contributed by atoms with van der Waals surface area (Å²) in [6.45, 7) is 2.17. The van der Waals surface area contributed by atoms with Crippen molar-refractivity contribution >= 4 is 11.9 Å². The van der Waals surface area contributed by atoms with E-state index in [4.69, 9.17) is 5.84 Å². The van der Waals surface area contributed by atoms with E-state index in [9.17, 15) is 0 Å². The summed E-state index contributed by atoms with van der Waals surface area (Å²) in [5.41, 5.74) is 3.61. The molecule has 1 heterocycles. The Morgan fingerprint density at radius 2 is 2.46 bits per heavy atom. The van der Waals surface area contributed by atoms with Crippen LogP contribution in [0, 0.1) is 0 Å². The molecule has 0 saturated heterocycles. The predicted molar refractivity (Wildman–Crippen MR) is 55.0 cm³/mol. The summed E-state index contributed by atoms with van der Waals surface area (Å²) < 4.78 is 0. The first-order valence-corrected chi connectivity index (χ1v) is 4.43. The predicted octanol–water partition coefficient (Wildman–Crippen LogP) is 1.34. The molecule has 1 unspecified atom stereocenters. The third-order valence-corrected chi connectivity index (χ3v) is 2.31. The van der Waals surface area contributed by atoms with E-state index in [1.165, 1.54) is 11.3 Å². The quantitative estimate of drug-likeness (QED) is 0.384. The molecule has 1 aliphatic rings. The number of anilines is 1. The topological polar surface area (TPSA) is 50.4 Å². The second-order valence-electron chi connectivity index (χ2n) is 3.41. The minimum absolute atomic E-state index is 0.516. The molecule has 0 fully saturated rings. The molecule has 0 amide bonds. The van der Waals surface area contributed by atoms with Crippen LogP contribution in [0.3, 0.4) is 0 Å². The van der Waals surface area contributed by atoms with Crippen molar-refractivity contribution in [1.29, 1.82) is 0 Å². The number of nitrogens with two attached hydrogens (primary N) is 1. The number of fused-ring (bicyclic) bond motifs is 1. The summed E-state index contributed by atoms with van der Waals surface area (Å²) in [5.74, 6) is 5.13. The Morgan fingerprint density at radius 3 is 3.23 bits per heavy atom. The van der Waals surface area contributed by atoms with Gasteiger partial charge in [0.05, 0.1) is 6.21 Å². The molecule has 1 aromatic carbocycles. The molecule has 13 heavy (non-hydrogen) atoms. The van der Waals surface area contributed by atoms with Gasteiger partial charge < -0.3 is 11.2 Å². The smallest absolute Gasteiger partial charge is 0.0558 e. The van der Waals surface area contributed by atoms with Crippen LogP contribution in [0.15, 0.2) is 23.3 Å². The van der Waals surface area contributed by atoms with Crippen molar-refractivity contribution < 1.29 is 0 Å². The minimum atomic E-state index is 0.516. The zero-order chi connectivity index (χ0) is 9.26. The summed E-state index contributed by atoms with van der Waals surface area (Å²) in [4.78, 5) is 0. The summed E-state index contributed by atoms with van der Waals surface area (Å²) in [7, 11) is 0. The number of rotatable bonds is 1. The largest absolute Gasteiger partial charge is 0.382 e. The Bertz CT molecular complexity index is 344. The standard InChI is InChI=1S/C10H13N3/c1-7-5-8-3-2-4-9(6-12-11)10(8)13-7/h2-4,6-7,13H,5,11H2,1H3/b12-6+. The van der Waals surface area contributed by atoms with Gasteiger partial charge in [-0.2, -0.15) is 5.10 Å². The average Bonchev–Trinajstić information content (AvgIpc) is 2.47. The highest BCUT2D eigenvalue weighted by atomic mass is 15.1. The number of nitrogens with one attached hydrogen (secondary N) is 1. The fourth-order valence-electron chi connectivity index (χ4n) is 1.78. The van der Waals surface area contributed by atoms with E-state index in [2.05, 4.69) is 23.4 Å². The highest BCUT2D eigenvalue weighted by Gasteiger charge is 2.18. The molecular formula is C10H13N3. The van der Waals surface area contributed by atoms with E-state index >= 15 is 0 Å². The fraction of sp³-hybridized carbons (Fsp3) is 0.300. The maximum absolute atomic E-state index is 5.13. The molecule has 0 bridgehead atoms. The van der Waals surface area contributed by atoms with E-state index in [-0.39, 0.29) is 0 Å². The van der Waals surface area contributed by atoms with Gasteiger partial charge in [-0.25, -0.2) is 0 Å². The maximum Gasteiger partial charge on any atom is 0.0558 e. The van der Waals surface area contributed by atoms with Crippen LogP contribution in [0.2, 0.25) is 0 Å². The third kappa shape index (κ3) is 1.37. The van der Waals surface area contributed by atoms with Crippen LogP contribution in [0.4, 0.5) is 5.69 Å². The first-order chi connectivity index (χ1) is 6.31. The van der Waals surface area contributed by atoms with Crippen LogP contribution in [0.25, 0.3) is 0 Å². The summed E-state index contributed by atoms with van der Waals surface area (Å²) in [6.07, 6.45) is 2.77. The van der Waals surface area contributed by atoms with Gasteiger partial charge in [0.15, 0.2) is 0 Å². The molecule has 0 spiro atoms. The lowest BCUT2D eigenvalue weighted by atomic mass is 10.1. The van der Waals surface area contributed by atoms with Crippen molar-refractivity contribution in [3.63, 3.8) is 0 Å². The molecule has 3 nitrogen and oxygen atoms in total. The lowest BCUT2D eigenvalue weighted by Gasteiger charge is -2.05. The second-order valence-corrected chi connectivity index (χ2v) is 3.41. The van der Waals surface area contributed by atoms with Gasteiger partial charge in [0.2, 0.25) is 0 Å². The molecule has 3 heteroatoms. The van der Waals surface area contributed by atoms with E-state index in [1.54, 1.807) is 6.21 Å². The van der Waals surface area contributed by atoms with Crippen LogP contribution < -0.4 is 11.2 Å². The van der Waals surface area contributed by atoms with Gasteiger partial charge in [0.25, 0.3) is 0 Å². The Labute approximate surface area is 77.6 Å². The van der Waals surface area contributed by atoms with Crippen molar-refractivity contribution in [2.24, 2.45) is 10.9 Å². The van der Waals surface area contributed by atoms with Crippen molar-refractivity contribution in [2.75, 3.05) is 5.32 Å². The fourth-order valence-corrected chi connectivity index (χ4v) is 1.78. The number of hydrogen-bond donors (Lipinski definition) is 2. The number of nitrogens with zero attached hydrogens (tertiary/aromatic N) is 1. The molecule has 1 aromatic rings. The van der Waals surface area contributed by atoms with Crippen molar-refractivity contribution in [1.82, 2.24) is 0 Å². The Morgan fingerprint density at radius 1 is 1.62 bits per heavy atom. The maximum atomic E-state index is 5.13. The van der Waals surface area contributed by atoms with Crippen LogP contribution in [-0.4, -0.2) is 12.3 Å². The summed E-state index contributed by atoms with van der Waals surface area (Å²) in [6, 6.07) is 6.71. The van der Waals surface area contributed by atoms with Gasteiger partial charge in [-0.05, 0) is 18.9 Å². The monoisotopic (exact) mass is 175 g/mol. The highest BCUT2D eigenvalue weighted by Crippen LogP contribution is 2.28. The van der Waals surface area contributed by atoms with Gasteiger partial charge in [0, 0.05) is 17.3 Å². The van der Waals surface area contributed by atoms with Gasteiger partial charge in [-0.3, -0.25) is 0 Å². The van der Waals surface area contributed by atoms with Crippen molar-refractivity contribution in [3.8, 4) is 0 Å². The van der Waals surface area contributed by atoms with Crippen molar-refractivity contribution in [2.45, 2.75) is 19.4 Å². The number of benzene rings is 1. The summed E-state index contributed by atoms with van der Waals surface area (Å²) >= 11 is 0. The Balaban J connectivity index is 2.45. The van der Waals surface area contributed by atoms with E-state index < -0.39 is 0 Å². The van der Waals surface area contributed by atoms with E-state index in [0.717, 1.165) is 12.0 Å². The molecule has 0 aromatic heterocycles. The number of para-hydroxylation sites is 1. The molecule has 2 rings (SSSR count). The van der Waals surface area contributed by atoms with Gasteiger partial charge in [-0.1, -0.05) is 18.2 Å². The van der Waals surface area contributed by atoms with Crippen molar-refractivity contribution in [3.05, 3.63) is 29.3 Å². The van der Waals surface area contributed by atoms with E-state index in [1.807, 2.05) is 12.1 Å². The molecule has 1 aliphatic heterocycles. The first kappa shape index (κ1) is 8.10. The zero-order valence-corrected chi connectivity index (χ0v) is 7.62. The highest BCUT2D eigenvalue weighted by molar-refractivity contribution is 5.89. The van der Waals surface area contributed by atoms with Crippen LogP contribution in [0.1, 0.15) is 18.1 Å². The van der Waals surface area contributed by atoms with Gasteiger partial charge in [0.1, 0.15) is 0 Å². The summed E-state index contributed by atoms with van der Waals surface area (Å²) in [5, 5.41) is 6.95. The molecule has 0 radical (unpaired) electrons. The molecule has 0 saturated carbocycles. The lowest BCUT2D eigenvalue weighted by Crippen LogP contribution is -2.09. The van der Waals surface area contributed by atoms with E-state index in [0.29, 0.717) is 6.04 Å². The molecule has 68 valence electrons. The molecule has 1 atom stereocenters. The zero-order valence-electron chi connectivity index (χ0n) is 7.62. The average molecular weight is 175 g/mol. The van der Waals surface area contributed by atoms with Gasteiger partial charge in [-0.15, -0.1) is 0 Å². The lowest BCUT2D eigenvalue weighted by molar-refractivity contribution is 0.839. The third-order valence-electron chi connectivity index (χ3n) is 2.31. The number of hydrogen-bond acceptors (Lipinski definition) is 3. The molecule has 3 N–H and O–H groups in total. The first-order valence-electron chi connectivity index (χ1n) is 4.43. The van der Waals surface area contributed by atoms with Crippen LogP contribution >= 0.6 is 0 Å². The second kappa shape index (κ2) is 3.09. The molecular weight excluding hydrogens is 162 g/mol. The normalized spacial score (nSPS) is 20.2. The minimum Gasteiger partial charge on any atom is -0.382 e. The van der Waals surface area contributed by atoms with Gasteiger partial charge >= 0.3 is 0 Å². The Hall–Kier alpha value is -1.51. The number of hydrazone groups is 1.